The smallest absolute Gasteiger partial charge is 0.138 e. The van der Waals surface area contributed by atoms with Crippen molar-refractivity contribution in [2.24, 2.45) is 5.73 Å². The molecule has 0 bridgehead atoms. The number of hydrogen-bond acceptors (Lipinski definition) is 4. The molecular formula is C14H27N5. The monoisotopic (exact) mass is 265 g/mol. The summed E-state index contributed by atoms with van der Waals surface area (Å²) >= 11 is 0. The zero-order valence-corrected chi connectivity index (χ0v) is 12.6. The molecule has 1 heterocycles. The van der Waals surface area contributed by atoms with Crippen molar-refractivity contribution in [3.63, 3.8) is 0 Å². The van der Waals surface area contributed by atoms with E-state index < -0.39 is 0 Å². The van der Waals surface area contributed by atoms with E-state index in [0.717, 1.165) is 12.2 Å². The molecule has 0 saturated heterocycles. The minimum Gasteiger partial charge on any atom is -0.326 e. The summed E-state index contributed by atoms with van der Waals surface area (Å²) < 4.78 is 1.98. The predicted molar refractivity (Wildman–Crippen MR) is 77.0 cm³/mol. The first-order chi connectivity index (χ1) is 8.97. The number of aromatic nitrogens is 3. The highest BCUT2D eigenvalue weighted by molar-refractivity contribution is 5.05. The Bertz CT molecular complexity index is 404. The van der Waals surface area contributed by atoms with Crippen LogP contribution in [-0.2, 0) is 6.42 Å². The van der Waals surface area contributed by atoms with Crippen LogP contribution < -0.4 is 5.73 Å². The zero-order chi connectivity index (χ0) is 14.0. The predicted octanol–water partition coefficient (Wildman–Crippen LogP) is 1.60. The Labute approximate surface area is 116 Å². The van der Waals surface area contributed by atoms with Gasteiger partial charge in [-0.1, -0.05) is 12.8 Å². The molecule has 1 saturated carbocycles. The number of nitrogens with two attached hydrogens (primary N) is 1. The van der Waals surface area contributed by atoms with Gasteiger partial charge in [0.25, 0.3) is 0 Å². The minimum atomic E-state index is 0.117. The third-order valence-corrected chi connectivity index (χ3v) is 4.59. The fourth-order valence-electron chi connectivity index (χ4n) is 3.38. The van der Waals surface area contributed by atoms with Crippen LogP contribution in [0.1, 0.15) is 51.4 Å². The number of rotatable bonds is 5. The van der Waals surface area contributed by atoms with Crippen LogP contribution in [0, 0.1) is 0 Å². The molecule has 1 aromatic heterocycles. The fraction of sp³-hybridized carbons (Fsp3) is 0.857. The van der Waals surface area contributed by atoms with Crippen LogP contribution in [0.5, 0.6) is 0 Å². The largest absolute Gasteiger partial charge is 0.326 e. The van der Waals surface area contributed by atoms with Gasteiger partial charge in [0, 0.05) is 24.0 Å². The molecule has 0 aromatic carbocycles. The Kier molecular flexibility index (Phi) is 4.26. The maximum Gasteiger partial charge on any atom is 0.138 e. The van der Waals surface area contributed by atoms with Crippen molar-refractivity contribution >= 4 is 0 Å². The summed E-state index contributed by atoms with van der Waals surface area (Å²) in [6.07, 6.45) is 7.38. The second-order valence-corrected chi connectivity index (χ2v) is 6.23. The topological polar surface area (TPSA) is 60.0 Å². The molecule has 1 fully saturated rings. The van der Waals surface area contributed by atoms with E-state index in [-0.39, 0.29) is 11.6 Å². The third kappa shape index (κ3) is 2.67. The first kappa shape index (κ1) is 14.5. The Morgan fingerprint density at radius 2 is 2.00 bits per heavy atom. The van der Waals surface area contributed by atoms with E-state index in [2.05, 4.69) is 42.9 Å². The lowest BCUT2D eigenvalue weighted by atomic mass is 9.85. The van der Waals surface area contributed by atoms with Gasteiger partial charge in [0.05, 0.1) is 0 Å². The second kappa shape index (κ2) is 5.59. The fourth-order valence-corrected chi connectivity index (χ4v) is 3.38. The Balaban J connectivity index is 2.15. The van der Waals surface area contributed by atoms with Crippen molar-refractivity contribution in [3.8, 4) is 0 Å². The molecule has 19 heavy (non-hydrogen) atoms. The van der Waals surface area contributed by atoms with E-state index >= 15 is 0 Å². The number of hydrogen-bond donors (Lipinski definition) is 1. The van der Waals surface area contributed by atoms with Crippen LogP contribution in [0.15, 0.2) is 6.33 Å². The highest BCUT2D eigenvalue weighted by atomic mass is 15.3. The number of nitrogens with zero attached hydrogens (tertiary/aromatic N) is 4. The third-order valence-electron chi connectivity index (χ3n) is 4.59. The van der Waals surface area contributed by atoms with Gasteiger partial charge in [0.2, 0.25) is 0 Å². The first-order valence-electron chi connectivity index (χ1n) is 7.29. The van der Waals surface area contributed by atoms with Crippen LogP contribution in [0.2, 0.25) is 0 Å². The van der Waals surface area contributed by atoms with Gasteiger partial charge in [-0.25, -0.2) is 9.67 Å². The molecule has 0 amide bonds. The molecule has 0 aliphatic heterocycles. The lowest BCUT2D eigenvalue weighted by Crippen LogP contribution is -2.56. The van der Waals surface area contributed by atoms with E-state index in [1.807, 2.05) is 4.68 Å². The highest BCUT2D eigenvalue weighted by Gasteiger charge is 2.41. The summed E-state index contributed by atoms with van der Waals surface area (Å²) in [5.74, 6) is 1.01. The molecule has 1 unspecified atom stereocenters. The average molecular weight is 265 g/mol. The van der Waals surface area contributed by atoms with Gasteiger partial charge >= 0.3 is 0 Å². The molecular weight excluding hydrogens is 238 g/mol. The molecule has 1 aliphatic rings. The zero-order valence-electron chi connectivity index (χ0n) is 12.6. The quantitative estimate of drug-likeness (QED) is 0.878. The standard InChI is InChI=1S/C14H27N5/c1-11(2)19-13(16-10-17-19)9-12(15)14(18(3)4)7-5-6-8-14/h10-12H,5-9,15H2,1-4H3. The second-order valence-electron chi connectivity index (χ2n) is 6.23. The number of likely N-dealkylation sites (N-methyl/N-ethyl adjacent to an activating group) is 1. The molecule has 5 heteroatoms. The molecule has 2 N–H and O–H groups in total. The Morgan fingerprint density at radius 1 is 1.37 bits per heavy atom. The molecule has 5 nitrogen and oxygen atoms in total. The SMILES string of the molecule is CC(C)n1ncnc1CC(N)C1(N(C)C)CCCC1. The van der Waals surface area contributed by atoms with E-state index in [1.54, 1.807) is 6.33 Å². The van der Waals surface area contributed by atoms with Crippen LogP contribution in [0.25, 0.3) is 0 Å². The summed E-state index contributed by atoms with van der Waals surface area (Å²) in [6, 6.07) is 0.454. The van der Waals surface area contributed by atoms with Gasteiger partial charge in [-0.05, 0) is 40.8 Å². The van der Waals surface area contributed by atoms with E-state index in [9.17, 15) is 0 Å². The van der Waals surface area contributed by atoms with Crippen LogP contribution >= 0.6 is 0 Å². The van der Waals surface area contributed by atoms with Gasteiger partial charge in [-0.2, -0.15) is 5.10 Å². The lowest BCUT2D eigenvalue weighted by molar-refractivity contribution is 0.121. The van der Waals surface area contributed by atoms with Gasteiger partial charge in [-0.3, -0.25) is 0 Å². The van der Waals surface area contributed by atoms with Crippen molar-refractivity contribution in [1.29, 1.82) is 0 Å². The summed E-state index contributed by atoms with van der Waals surface area (Å²) in [5, 5.41) is 4.30. The maximum absolute atomic E-state index is 6.55. The molecule has 108 valence electrons. The van der Waals surface area contributed by atoms with Gasteiger partial charge in [-0.15, -0.1) is 0 Å². The van der Waals surface area contributed by atoms with E-state index in [1.165, 1.54) is 25.7 Å². The van der Waals surface area contributed by atoms with Crippen molar-refractivity contribution < 1.29 is 0 Å². The van der Waals surface area contributed by atoms with Crippen LogP contribution in [0.3, 0.4) is 0 Å². The lowest BCUT2D eigenvalue weighted by Gasteiger charge is -2.41. The minimum absolute atomic E-state index is 0.117. The molecule has 1 atom stereocenters. The molecule has 0 spiro atoms. The van der Waals surface area contributed by atoms with Gasteiger partial charge in [0.15, 0.2) is 0 Å². The Morgan fingerprint density at radius 3 is 2.53 bits per heavy atom. The molecule has 1 aliphatic carbocycles. The first-order valence-corrected chi connectivity index (χ1v) is 7.29. The molecule has 1 aromatic rings. The van der Waals surface area contributed by atoms with Gasteiger partial charge < -0.3 is 10.6 Å². The Hall–Kier alpha value is -0.940. The van der Waals surface area contributed by atoms with Crippen molar-refractivity contribution in [2.75, 3.05) is 14.1 Å². The summed E-state index contributed by atoms with van der Waals surface area (Å²) in [4.78, 5) is 6.71. The average Bonchev–Trinajstić information content (AvgIpc) is 2.97. The molecule has 2 rings (SSSR count). The normalized spacial score (nSPS) is 20.4. The van der Waals surface area contributed by atoms with Crippen LogP contribution in [-0.4, -0.2) is 45.3 Å². The van der Waals surface area contributed by atoms with Crippen molar-refractivity contribution in [2.45, 2.75) is 63.6 Å². The maximum atomic E-state index is 6.55. The van der Waals surface area contributed by atoms with Crippen molar-refractivity contribution in [3.05, 3.63) is 12.2 Å². The highest BCUT2D eigenvalue weighted by Crippen LogP contribution is 2.36. The van der Waals surface area contributed by atoms with E-state index in [0.29, 0.717) is 6.04 Å². The van der Waals surface area contributed by atoms with E-state index in [4.69, 9.17) is 5.73 Å². The molecule has 0 radical (unpaired) electrons. The van der Waals surface area contributed by atoms with Gasteiger partial charge in [0.1, 0.15) is 12.2 Å². The van der Waals surface area contributed by atoms with Crippen molar-refractivity contribution in [1.82, 2.24) is 19.7 Å². The summed E-state index contributed by atoms with van der Waals surface area (Å²) in [5.41, 5.74) is 6.69. The summed E-state index contributed by atoms with van der Waals surface area (Å²) in [6.45, 7) is 4.25. The van der Waals surface area contributed by atoms with Crippen LogP contribution in [0.4, 0.5) is 0 Å². The summed E-state index contributed by atoms with van der Waals surface area (Å²) in [7, 11) is 4.30.